The van der Waals surface area contributed by atoms with Crippen molar-refractivity contribution in [1.29, 1.82) is 0 Å². The Labute approximate surface area is 413 Å². The number of hydrogen-bond acceptors (Lipinski definition) is 16. The quantitative estimate of drug-likeness (QED) is 0.0370. The maximum absolute atomic E-state index is 12.8. The van der Waals surface area contributed by atoms with Gasteiger partial charge >= 0.3 is 70.8 Å². The normalized spacial score (nSPS) is 20.0. The van der Waals surface area contributed by atoms with Gasteiger partial charge in [0.2, 0.25) is 0 Å². The summed E-state index contributed by atoms with van der Waals surface area (Å²) in [7, 11) is -11.2. The number of nitrogens with zero attached hydrogens (tertiary/aromatic N) is 2. The molecule has 7 atom stereocenters. The monoisotopic (exact) mass is 943 g/mol. The van der Waals surface area contributed by atoms with Crippen LogP contribution in [0, 0.1) is 0 Å². The molecule has 1 aromatic heterocycles. The zero-order valence-corrected chi connectivity index (χ0v) is 44.1. The van der Waals surface area contributed by atoms with Crippen molar-refractivity contribution in [2.75, 3.05) is 30.5 Å². The number of aromatic nitrogens is 2. The third-order valence-electron chi connectivity index (χ3n) is 10.2. The van der Waals surface area contributed by atoms with Crippen LogP contribution in [0.3, 0.4) is 0 Å². The summed E-state index contributed by atoms with van der Waals surface area (Å²) in [6.45, 7) is 2.80. The SMILES string of the molecule is CCCCCCCCCCCCCCSCC(COP(=O)([O-])OP(=O)([O-])OC[C@H]1OC(n2ccc(N)nc2=O)[C@@H](O)[C@@H]1O)OC(=O)CCCCCCCCCCCCC.[Na+].[Na+]. The number of nitrogen functional groups attached to an aromatic ring is 1. The molecule has 0 aromatic carbocycles. The van der Waals surface area contributed by atoms with Gasteiger partial charge in [-0.15, -0.1) is 0 Å². The molecule has 1 aromatic rings. The Morgan fingerprint density at radius 2 is 1.28 bits per heavy atom. The number of nitrogens with two attached hydrogens (primary N) is 1. The number of carbonyl (C=O) groups is 1. The minimum absolute atomic E-state index is 0. The molecule has 0 aliphatic carbocycles. The zero-order valence-electron chi connectivity index (χ0n) is 37.5. The Hall–Kier alpha value is 0.640. The van der Waals surface area contributed by atoms with E-state index in [2.05, 4.69) is 27.7 Å². The molecule has 2 rings (SSSR count). The van der Waals surface area contributed by atoms with Crippen molar-refractivity contribution >= 4 is 39.2 Å². The second-order valence-electron chi connectivity index (χ2n) is 15.5. The van der Waals surface area contributed by atoms with Gasteiger partial charge < -0.3 is 44.3 Å². The number of thioether (sulfide) groups is 1. The summed E-state index contributed by atoms with van der Waals surface area (Å²) in [5.41, 5.74) is 4.58. The van der Waals surface area contributed by atoms with Crippen molar-refractivity contribution in [3.8, 4) is 0 Å². The van der Waals surface area contributed by atoms with E-state index in [-0.39, 0.29) is 77.1 Å². The van der Waals surface area contributed by atoms with Crippen LogP contribution in [0.2, 0.25) is 0 Å². The summed E-state index contributed by atoms with van der Waals surface area (Å²) in [5, 5.41) is 20.8. The van der Waals surface area contributed by atoms with Crippen LogP contribution in [-0.2, 0) is 36.8 Å². The second kappa shape index (κ2) is 36.7. The van der Waals surface area contributed by atoms with Gasteiger partial charge in [-0.1, -0.05) is 149 Å². The van der Waals surface area contributed by atoms with Gasteiger partial charge in [0.25, 0.3) is 15.6 Å². The molecular formula is C40H73N3Na2O13P2S. The Morgan fingerprint density at radius 1 is 0.803 bits per heavy atom. The van der Waals surface area contributed by atoms with E-state index in [1.54, 1.807) is 0 Å². The Bertz CT molecular complexity index is 1440. The molecule has 21 heteroatoms. The van der Waals surface area contributed by atoms with Gasteiger partial charge in [-0.2, -0.15) is 16.7 Å². The molecule has 1 aliphatic heterocycles. The van der Waals surface area contributed by atoms with Crippen LogP contribution < -0.4 is 80.3 Å². The van der Waals surface area contributed by atoms with Crippen LogP contribution >= 0.6 is 27.4 Å². The van der Waals surface area contributed by atoms with Crippen molar-refractivity contribution in [1.82, 2.24) is 9.55 Å². The molecule has 2 heterocycles. The fraction of sp³-hybridized carbons (Fsp3) is 0.875. The van der Waals surface area contributed by atoms with E-state index in [0.717, 1.165) is 48.8 Å². The number of phosphoric ester groups is 2. The van der Waals surface area contributed by atoms with Gasteiger partial charge in [-0.25, -0.2) is 9.11 Å². The van der Waals surface area contributed by atoms with E-state index in [1.165, 1.54) is 127 Å². The van der Waals surface area contributed by atoms with Gasteiger partial charge in [0.05, 0.1) is 13.2 Å². The average molecular weight is 944 g/mol. The van der Waals surface area contributed by atoms with E-state index >= 15 is 0 Å². The molecule has 16 nitrogen and oxygen atoms in total. The van der Waals surface area contributed by atoms with Gasteiger partial charge in [0.1, 0.15) is 30.2 Å². The first-order valence-electron chi connectivity index (χ1n) is 22.0. The first-order chi connectivity index (χ1) is 28.3. The minimum Gasteiger partial charge on any atom is -0.756 e. The van der Waals surface area contributed by atoms with Crippen molar-refractivity contribution < 1.29 is 116 Å². The Balaban J connectivity index is 0.0000180. The number of ether oxygens (including phenoxy) is 2. The maximum Gasteiger partial charge on any atom is 1.00 e. The topological polar surface area (TPSA) is 245 Å². The van der Waals surface area contributed by atoms with Crippen molar-refractivity contribution in [3.05, 3.63) is 22.7 Å². The summed E-state index contributed by atoms with van der Waals surface area (Å²) in [5.74, 6) is 0.423. The number of esters is 1. The smallest absolute Gasteiger partial charge is 0.756 e. The number of anilines is 1. The number of aliphatic hydroxyl groups is 2. The van der Waals surface area contributed by atoms with Crippen LogP contribution in [0.15, 0.2) is 17.1 Å². The summed E-state index contributed by atoms with van der Waals surface area (Å²) >= 11 is 1.50. The minimum atomic E-state index is -5.63. The Kier molecular flexibility index (Phi) is 37.1. The summed E-state index contributed by atoms with van der Waals surface area (Å²) < 4.78 is 50.8. The van der Waals surface area contributed by atoms with Gasteiger partial charge in [-0.3, -0.25) is 18.5 Å². The predicted octanol–water partition coefficient (Wildman–Crippen LogP) is 1.49. The number of carbonyl (C=O) groups excluding carboxylic acids is 1. The summed E-state index contributed by atoms with van der Waals surface area (Å²) in [4.78, 5) is 53.6. The molecule has 0 saturated carbocycles. The van der Waals surface area contributed by atoms with Crippen LogP contribution in [0.1, 0.15) is 174 Å². The first kappa shape index (κ1) is 61.6. The fourth-order valence-corrected chi connectivity index (χ4v) is 9.82. The second-order valence-corrected chi connectivity index (χ2v) is 19.6. The van der Waals surface area contributed by atoms with Gasteiger partial charge in [-0.05, 0) is 24.7 Å². The van der Waals surface area contributed by atoms with Gasteiger partial charge in [0.15, 0.2) is 6.23 Å². The number of unbranched alkanes of at least 4 members (excludes halogenated alkanes) is 21. The average Bonchev–Trinajstić information content (AvgIpc) is 3.46. The summed E-state index contributed by atoms with van der Waals surface area (Å²) in [6, 6.07) is 1.25. The molecule has 0 spiro atoms. The van der Waals surface area contributed by atoms with E-state index in [0.29, 0.717) is 6.42 Å². The van der Waals surface area contributed by atoms with Gasteiger partial charge in [0, 0.05) is 18.4 Å². The van der Waals surface area contributed by atoms with E-state index in [4.69, 9.17) is 19.7 Å². The van der Waals surface area contributed by atoms with Crippen molar-refractivity contribution in [3.63, 3.8) is 0 Å². The molecule has 0 bridgehead atoms. The van der Waals surface area contributed by atoms with E-state index in [1.807, 2.05) is 0 Å². The molecule has 1 aliphatic rings. The molecule has 1 fully saturated rings. The third-order valence-corrected chi connectivity index (χ3v) is 13.9. The molecule has 61 heavy (non-hydrogen) atoms. The van der Waals surface area contributed by atoms with Crippen molar-refractivity contribution in [2.45, 2.75) is 199 Å². The first-order valence-corrected chi connectivity index (χ1v) is 26.1. The standard InChI is InChI=1S/C40H75N3O13P2S.2Na/c1-3-5-7-9-11-13-15-17-19-21-23-25-29-59-32-33(54-36(44)26-24-22-20-18-16-14-12-10-8-6-4-2)30-52-57(48,49)56-58(50,51)53-31-34-37(45)38(46)39(55-34)43-28-27-35(41)42-40(43)47;;/h27-28,33-34,37-39,45-46H,3-26,29-32H2,1-2H3,(H,48,49)(H,50,51)(H2,41,42,47);;/q;2*+1/p-2/t33?,34-,37-,38+,39?;;/m1../s1. The van der Waals surface area contributed by atoms with Crippen LogP contribution in [0.5, 0.6) is 0 Å². The van der Waals surface area contributed by atoms with Crippen LogP contribution in [-0.4, -0.2) is 74.9 Å². The molecule has 4 N–H and O–H groups in total. The molecule has 0 amide bonds. The number of phosphoric acid groups is 2. The largest absolute Gasteiger partial charge is 1.00 e. The molecule has 4 unspecified atom stereocenters. The molecule has 0 radical (unpaired) electrons. The zero-order chi connectivity index (χ0) is 43.4. The maximum atomic E-state index is 12.8. The Morgan fingerprint density at radius 3 is 1.79 bits per heavy atom. The summed E-state index contributed by atoms with van der Waals surface area (Å²) in [6.07, 6.45) is 21.0. The van der Waals surface area contributed by atoms with E-state index in [9.17, 15) is 38.7 Å². The fourth-order valence-electron chi connectivity index (χ4n) is 6.78. The molecule has 1 saturated heterocycles. The third kappa shape index (κ3) is 29.1. The number of aliphatic hydroxyl groups excluding tert-OH is 2. The van der Waals surface area contributed by atoms with Crippen LogP contribution in [0.4, 0.5) is 5.82 Å². The number of rotatable bonds is 37. The van der Waals surface area contributed by atoms with E-state index < -0.39 is 71.2 Å². The van der Waals surface area contributed by atoms with Crippen LogP contribution in [0.25, 0.3) is 0 Å². The predicted molar refractivity (Wildman–Crippen MR) is 226 cm³/mol. The van der Waals surface area contributed by atoms with Crippen molar-refractivity contribution in [2.24, 2.45) is 0 Å². The molecular weight excluding hydrogens is 870 g/mol. The molecule has 344 valence electrons. The number of hydrogen-bond donors (Lipinski definition) is 3.